The van der Waals surface area contributed by atoms with Crippen LogP contribution in [0.25, 0.3) is 0 Å². The summed E-state index contributed by atoms with van der Waals surface area (Å²) in [7, 11) is 5.22. The number of phenols is 2. The number of rotatable bonds is 4. The summed E-state index contributed by atoms with van der Waals surface area (Å²) in [4.78, 5) is 2.30. The van der Waals surface area contributed by atoms with E-state index in [0.29, 0.717) is 11.5 Å². The molecule has 2 aromatic carbocycles. The Kier molecular flexibility index (Phi) is 4.77. The standard InChI is InChI=1S/C20H25NO4/c1-12(13-5-6-16(22)18(9-13)24-3)20-15-11-17(23)19(25-4)10-14(15)7-8-21(20)2/h5-6,9-12,20,22-23H,7-8H2,1-4H3. The van der Waals surface area contributed by atoms with Gasteiger partial charge in [-0.25, -0.2) is 0 Å². The van der Waals surface area contributed by atoms with Crippen molar-refractivity contribution in [3.63, 3.8) is 0 Å². The molecule has 3 rings (SSSR count). The second-order valence-corrected chi connectivity index (χ2v) is 6.62. The summed E-state index contributed by atoms with van der Waals surface area (Å²) < 4.78 is 10.5. The number of phenolic OH excluding ortho intramolecular Hbond substituents is 2. The Balaban J connectivity index is 2.03. The van der Waals surface area contributed by atoms with Gasteiger partial charge in [-0.05, 0) is 54.4 Å². The average molecular weight is 343 g/mol. The minimum Gasteiger partial charge on any atom is -0.504 e. The Morgan fingerprint density at radius 3 is 2.40 bits per heavy atom. The molecular formula is C20H25NO4. The molecule has 2 N–H and O–H groups in total. The van der Waals surface area contributed by atoms with Crippen LogP contribution in [0.3, 0.4) is 0 Å². The second kappa shape index (κ2) is 6.84. The predicted octanol–water partition coefficient (Wildman–Crippen LogP) is 3.45. The van der Waals surface area contributed by atoms with E-state index >= 15 is 0 Å². The Labute approximate surface area is 148 Å². The third kappa shape index (κ3) is 3.12. The van der Waals surface area contributed by atoms with Crippen LogP contribution in [0.2, 0.25) is 0 Å². The molecule has 1 aliphatic rings. The third-order valence-corrected chi connectivity index (χ3v) is 5.17. The van der Waals surface area contributed by atoms with Gasteiger partial charge < -0.3 is 19.7 Å². The van der Waals surface area contributed by atoms with Crippen LogP contribution >= 0.6 is 0 Å². The molecule has 25 heavy (non-hydrogen) atoms. The van der Waals surface area contributed by atoms with Crippen molar-refractivity contribution in [2.45, 2.75) is 25.3 Å². The summed E-state index contributed by atoms with van der Waals surface area (Å²) in [6.07, 6.45) is 0.921. The zero-order valence-corrected chi connectivity index (χ0v) is 15.1. The second-order valence-electron chi connectivity index (χ2n) is 6.62. The van der Waals surface area contributed by atoms with Gasteiger partial charge in [-0.15, -0.1) is 0 Å². The van der Waals surface area contributed by atoms with Gasteiger partial charge in [-0.3, -0.25) is 4.90 Å². The zero-order chi connectivity index (χ0) is 18.1. The monoisotopic (exact) mass is 343 g/mol. The molecular weight excluding hydrogens is 318 g/mol. The topological polar surface area (TPSA) is 62.2 Å². The number of aromatic hydroxyl groups is 2. The Bertz CT molecular complexity index is 775. The van der Waals surface area contributed by atoms with Crippen molar-refractivity contribution in [3.8, 4) is 23.0 Å². The number of methoxy groups -OCH3 is 2. The fourth-order valence-electron chi connectivity index (χ4n) is 3.77. The number of benzene rings is 2. The lowest BCUT2D eigenvalue weighted by Gasteiger charge is -2.39. The SMILES string of the molecule is COc1cc(C(C)C2c3cc(O)c(OC)cc3CCN2C)ccc1O. The molecule has 5 nitrogen and oxygen atoms in total. The Morgan fingerprint density at radius 2 is 1.72 bits per heavy atom. The van der Waals surface area contributed by atoms with Gasteiger partial charge in [0.05, 0.1) is 14.2 Å². The molecule has 0 spiro atoms. The van der Waals surface area contributed by atoms with Gasteiger partial charge in [-0.1, -0.05) is 13.0 Å². The van der Waals surface area contributed by atoms with E-state index in [1.165, 1.54) is 5.56 Å². The molecule has 2 atom stereocenters. The van der Waals surface area contributed by atoms with Crippen molar-refractivity contribution < 1.29 is 19.7 Å². The third-order valence-electron chi connectivity index (χ3n) is 5.17. The molecule has 1 heterocycles. The quantitative estimate of drug-likeness (QED) is 0.890. The van der Waals surface area contributed by atoms with Crippen LogP contribution in [0.1, 0.15) is 35.6 Å². The number of hydrogen-bond acceptors (Lipinski definition) is 5. The molecule has 5 heteroatoms. The molecule has 134 valence electrons. The van der Waals surface area contributed by atoms with E-state index in [2.05, 4.69) is 18.9 Å². The smallest absolute Gasteiger partial charge is 0.160 e. The van der Waals surface area contributed by atoms with Crippen LogP contribution < -0.4 is 9.47 Å². The van der Waals surface area contributed by atoms with E-state index in [9.17, 15) is 10.2 Å². The fraction of sp³-hybridized carbons (Fsp3) is 0.400. The summed E-state index contributed by atoms with van der Waals surface area (Å²) in [6.45, 7) is 3.09. The number of hydrogen-bond donors (Lipinski definition) is 2. The molecule has 0 aliphatic carbocycles. The minimum absolute atomic E-state index is 0.120. The molecule has 0 amide bonds. The largest absolute Gasteiger partial charge is 0.504 e. The van der Waals surface area contributed by atoms with E-state index in [1.54, 1.807) is 20.3 Å². The van der Waals surface area contributed by atoms with E-state index in [0.717, 1.165) is 24.1 Å². The van der Waals surface area contributed by atoms with E-state index in [1.807, 2.05) is 24.3 Å². The van der Waals surface area contributed by atoms with Gasteiger partial charge in [0, 0.05) is 18.5 Å². The highest BCUT2D eigenvalue weighted by Gasteiger charge is 2.31. The number of nitrogens with zero attached hydrogens (tertiary/aromatic N) is 1. The number of fused-ring (bicyclic) bond motifs is 1. The zero-order valence-electron chi connectivity index (χ0n) is 15.1. The van der Waals surface area contributed by atoms with Crippen molar-refractivity contribution >= 4 is 0 Å². The lowest BCUT2D eigenvalue weighted by Crippen LogP contribution is -2.35. The first-order chi connectivity index (χ1) is 12.0. The van der Waals surface area contributed by atoms with Crippen molar-refractivity contribution in [2.24, 2.45) is 0 Å². The maximum atomic E-state index is 10.2. The van der Waals surface area contributed by atoms with Crippen molar-refractivity contribution in [1.82, 2.24) is 4.90 Å². The van der Waals surface area contributed by atoms with Gasteiger partial charge in [0.25, 0.3) is 0 Å². The van der Waals surface area contributed by atoms with Crippen molar-refractivity contribution in [2.75, 3.05) is 27.8 Å². The number of likely N-dealkylation sites (N-methyl/N-ethyl adjacent to an activating group) is 1. The summed E-state index contributed by atoms with van der Waals surface area (Å²) in [6, 6.07) is 9.35. The van der Waals surface area contributed by atoms with E-state index in [4.69, 9.17) is 9.47 Å². The van der Waals surface area contributed by atoms with E-state index in [-0.39, 0.29) is 23.5 Å². The van der Waals surface area contributed by atoms with Crippen LogP contribution in [0.4, 0.5) is 0 Å². The normalized spacial score (nSPS) is 18.5. The number of ether oxygens (including phenoxy) is 2. The highest BCUT2D eigenvalue weighted by Crippen LogP contribution is 2.44. The molecule has 0 radical (unpaired) electrons. The Morgan fingerprint density at radius 1 is 1.04 bits per heavy atom. The van der Waals surface area contributed by atoms with Gasteiger partial charge >= 0.3 is 0 Å². The first kappa shape index (κ1) is 17.4. The minimum atomic E-state index is 0.120. The van der Waals surface area contributed by atoms with Gasteiger partial charge in [0.15, 0.2) is 23.0 Å². The highest BCUT2D eigenvalue weighted by molar-refractivity contribution is 5.50. The van der Waals surface area contributed by atoms with Crippen LogP contribution in [0.5, 0.6) is 23.0 Å². The first-order valence-electron chi connectivity index (χ1n) is 8.43. The maximum absolute atomic E-state index is 10.2. The van der Waals surface area contributed by atoms with Gasteiger partial charge in [0.2, 0.25) is 0 Å². The summed E-state index contributed by atoms with van der Waals surface area (Å²) >= 11 is 0. The molecule has 2 unspecified atom stereocenters. The summed E-state index contributed by atoms with van der Waals surface area (Å²) in [5, 5.41) is 20.1. The Hall–Kier alpha value is -2.40. The van der Waals surface area contributed by atoms with Crippen LogP contribution in [0, 0.1) is 0 Å². The summed E-state index contributed by atoms with van der Waals surface area (Å²) in [5.74, 6) is 1.45. The lowest BCUT2D eigenvalue weighted by atomic mass is 9.82. The molecule has 0 saturated heterocycles. The molecule has 0 bridgehead atoms. The lowest BCUT2D eigenvalue weighted by molar-refractivity contribution is 0.203. The van der Waals surface area contributed by atoms with Crippen LogP contribution in [-0.2, 0) is 6.42 Å². The van der Waals surface area contributed by atoms with Gasteiger partial charge in [0.1, 0.15) is 0 Å². The molecule has 1 aliphatic heterocycles. The maximum Gasteiger partial charge on any atom is 0.160 e. The average Bonchev–Trinajstić information content (AvgIpc) is 2.61. The van der Waals surface area contributed by atoms with E-state index < -0.39 is 0 Å². The molecule has 2 aromatic rings. The van der Waals surface area contributed by atoms with Crippen LogP contribution in [-0.4, -0.2) is 42.9 Å². The van der Waals surface area contributed by atoms with Crippen molar-refractivity contribution in [3.05, 3.63) is 47.0 Å². The predicted molar refractivity (Wildman–Crippen MR) is 96.8 cm³/mol. The molecule has 0 fully saturated rings. The fourth-order valence-corrected chi connectivity index (χ4v) is 3.77. The van der Waals surface area contributed by atoms with Gasteiger partial charge in [-0.2, -0.15) is 0 Å². The van der Waals surface area contributed by atoms with Crippen LogP contribution in [0.15, 0.2) is 30.3 Å². The highest BCUT2D eigenvalue weighted by atomic mass is 16.5. The van der Waals surface area contributed by atoms with Crippen molar-refractivity contribution in [1.29, 1.82) is 0 Å². The molecule has 0 saturated carbocycles. The first-order valence-corrected chi connectivity index (χ1v) is 8.43. The molecule has 0 aromatic heterocycles. The summed E-state index contributed by atoms with van der Waals surface area (Å²) in [5.41, 5.74) is 3.40.